The Bertz CT molecular complexity index is 1550. The highest BCUT2D eigenvalue weighted by Gasteiger charge is 2.19. The molecule has 1 aliphatic heterocycles. The van der Waals surface area contributed by atoms with Crippen LogP contribution in [0.25, 0.3) is 0 Å². The number of aryl methyl sites for hydroxylation is 2. The number of methoxy groups -OCH3 is 1. The zero-order chi connectivity index (χ0) is 33.9. The maximum absolute atomic E-state index is 13.0. The third-order valence-electron chi connectivity index (χ3n) is 8.46. The predicted molar refractivity (Wildman–Crippen MR) is 187 cm³/mol. The maximum atomic E-state index is 13.0. The van der Waals surface area contributed by atoms with E-state index in [-0.39, 0.29) is 24.3 Å². The molecule has 47 heavy (non-hydrogen) atoms. The number of aromatic nitrogens is 1. The standard InChI is InChI=1S/C36H48N6O5/c1-24(2)26(4)38-27-12-14-28(15-13-27)40-36(45)32-19-29(22-41(32)5)39-35(44)11-9-17-47-34-20-31(25(3)18-33(34)46-6)37-21-30-10-7-8-16-42(30)23-43/h12-15,18-24,26,30,38H,7-11,16-17H2,1-6H3,(H,39,44)(H,40,45). The molecule has 2 unspecified atom stereocenters. The van der Waals surface area contributed by atoms with Gasteiger partial charge in [-0.05, 0) is 87.4 Å². The van der Waals surface area contributed by atoms with E-state index in [9.17, 15) is 14.4 Å². The monoisotopic (exact) mass is 644 g/mol. The maximum Gasteiger partial charge on any atom is 0.272 e. The molecule has 11 nitrogen and oxygen atoms in total. The molecule has 2 atom stereocenters. The number of hydrogen-bond donors (Lipinski definition) is 3. The fourth-order valence-electron chi connectivity index (χ4n) is 5.27. The first-order valence-corrected chi connectivity index (χ1v) is 16.3. The second kappa shape index (κ2) is 16.7. The zero-order valence-corrected chi connectivity index (χ0v) is 28.3. The van der Waals surface area contributed by atoms with E-state index in [4.69, 9.17) is 9.47 Å². The summed E-state index contributed by atoms with van der Waals surface area (Å²) in [4.78, 5) is 43.5. The first-order chi connectivity index (χ1) is 22.6. The molecule has 1 aromatic heterocycles. The Labute approximate surface area is 277 Å². The van der Waals surface area contributed by atoms with Crippen LogP contribution in [0.2, 0.25) is 0 Å². The molecule has 0 bridgehead atoms. The van der Waals surface area contributed by atoms with Crippen molar-refractivity contribution in [1.82, 2.24) is 9.47 Å². The van der Waals surface area contributed by atoms with Gasteiger partial charge in [0.15, 0.2) is 11.5 Å². The van der Waals surface area contributed by atoms with Gasteiger partial charge in [-0.2, -0.15) is 0 Å². The molecular formula is C36H48N6O5. The average molecular weight is 645 g/mol. The first-order valence-electron chi connectivity index (χ1n) is 16.3. The highest BCUT2D eigenvalue weighted by atomic mass is 16.5. The van der Waals surface area contributed by atoms with Crippen molar-refractivity contribution >= 4 is 47.2 Å². The van der Waals surface area contributed by atoms with Crippen LogP contribution in [0.4, 0.5) is 22.7 Å². The smallest absolute Gasteiger partial charge is 0.272 e. The van der Waals surface area contributed by atoms with Gasteiger partial charge in [-0.3, -0.25) is 19.4 Å². The summed E-state index contributed by atoms with van der Waals surface area (Å²) in [6.07, 6.45) is 8.11. The molecule has 3 N–H and O–H groups in total. The molecule has 0 saturated carbocycles. The number of piperidine rings is 1. The van der Waals surface area contributed by atoms with Crippen LogP contribution in [-0.2, 0) is 16.6 Å². The van der Waals surface area contributed by atoms with Crippen LogP contribution >= 0.6 is 0 Å². The van der Waals surface area contributed by atoms with Crippen molar-refractivity contribution in [3.63, 3.8) is 0 Å². The van der Waals surface area contributed by atoms with Crippen molar-refractivity contribution in [3.05, 3.63) is 59.9 Å². The van der Waals surface area contributed by atoms with Crippen molar-refractivity contribution in [1.29, 1.82) is 0 Å². The van der Waals surface area contributed by atoms with E-state index in [0.29, 0.717) is 53.6 Å². The minimum atomic E-state index is -0.270. The van der Waals surface area contributed by atoms with E-state index in [2.05, 4.69) is 41.7 Å². The molecule has 3 amide bonds. The van der Waals surface area contributed by atoms with Gasteiger partial charge in [0.1, 0.15) is 5.69 Å². The summed E-state index contributed by atoms with van der Waals surface area (Å²) in [6, 6.07) is 13.3. The highest BCUT2D eigenvalue weighted by molar-refractivity contribution is 6.04. The van der Waals surface area contributed by atoms with E-state index < -0.39 is 0 Å². The third-order valence-corrected chi connectivity index (χ3v) is 8.46. The van der Waals surface area contributed by atoms with Gasteiger partial charge in [0, 0.05) is 55.9 Å². The number of anilines is 3. The number of nitrogens with zero attached hydrogens (tertiary/aromatic N) is 3. The predicted octanol–water partition coefficient (Wildman–Crippen LogP) is 6.56. The number of nitrogens with one attached hydrogen (secondary N) is 3. The lowest BCUT2D eigenvalue weighted by Gasteiger charge is -2.29. The first kappa shape index (κ1) is 35.1. The fourth-order valence-corrected chi connectivity index (χ4v) is 5.27. The minimum Gasteiger partial charge on any atom is -0.493 e. The number of likely N-dealkylation sites (tertiary alicyclic amines) is 1. The van der Waals surface area contributed by atoms with Crippen LogP contribution in [-0.4, -0.2) is 66.3 Å². The van der Waals surface area contributed by atoms with Gasteiger partial charge < -0.3 is 34.9 Å². The number of ether oxygens (including phenoxy) is 2. The third kappa shape index (κ3) is 9.84. The number of rotatable bonds is 15. The molecule has 0 spiro atoms. The van der Waals surface area contributed by atoms with Crippen molar-refractivity contribution in [2.45, 2.75) is 71.9 Å². The van der Waals surface area contributed by atoms with Gasteiger partial charge in [-0.15, -0.1) is 0 Å². The van der Waals surface area contributed by atoms with Crippen molar-refractivity contribution in [2.24, 2.45) is 18.0 Å². The normalized spacial score (nSPS) is 15.4. The average Bonchev–Trinajstić information content (AvgIpc) is 3.43. The highest BCUT2D eigenvalue weighted by Crippen LogP contribution is 2.35. The van der Waals surface area contributed by atoms with E-state index in [0.717, 1.165) is 49.2 Å². The van der Waals surface area contributed by atoms with Gasteiger partial charge in [0.2, 0.25) is 12.3 Å². The van der Waals surface area contributed by atoms with E-state index in [1.807, 2.05) is 49.5 Å². The Kier molecular flexibility index (Phi) is 12.4. The molecule has 0 radical (unpaired) electrons. The van der Waals surface area contributed by atoms with E-state index in [1.54, 1.807) is 35.9 Å². The Hall–Kier alpha value is -4.80. The molecule has 11 heteroatoms. The zero-order valence-electron chi connectivity index (χ0n) is 28.3. The molecule has 1 aliphatic rings. The molecule has 3 aromatic rings. The largest absolute Gasteiger partial charge is 0.493 e. The SMILES string of the molecule is COc1cc(C)c(N=CC2CCCCN2C=O)cc1OCCCC(=O)Nc1cc(C(=O)Nc2ccc(NC(C)C(C)C)cc2)n(C)c1. The second-order valence-electron chi connectivity index (χ2n) is 12.4. The molecular weight excluding hydrogens is 596 g/mol. The molecule has 252 valence electrons. The van der Waals surface area contributed by atoms with Crippen LogP contribution < -0.4 is 25.4 Å². The number of carbonyl (C=O) groups is 3. The van der Waals surface area contributed by atoms with Gasteiger partial charge >= 0.3 is 0 Å². The summed E-state index contributed by atoms with van der Waals surface area (Å²) in [5, 5.41) is 9.25. The van der Waals surface area contributed by atoms with E-state index >= 15 is 0 Å². The van der Waals surface area contributed by atoms with Gasteiger partial charge in [-0.1, -0.05) is 13.8 Å². The lowest BCUT2D eigenvalue weighted by atomic mass is 10.0. The van der Waals surface area contributed by atoms with Crippen molar-refractivity contribution in [3.8, 4) is 11.5 Å². The van der Waals surface area contributed by atoms with Gasteiger partial charge in [-0.25, -0.2) is 0 Å². The molecule has 2 heterocycles. The lowest BCUT2D eigenvalue weighted by molar-refractivity contribution is -0.120. The lowest BCUT2D eigenvalue weighted by Crippen LogP contribution is -2.39. The molecule has 1 fully saturated rings. The Balaban J connectivity index is 1.27. The molecule has 2 aromatic carbocycles. The summed E-state index contributed by atoms with van der Waals surface area (Å²) in [5.41, 5.74) is 4.31. The van der Waals surface area contributed by atoms with Crippen LogP contribution in [0, 0.1) is 12.8 Å². The number of hydrogen-bond acceptors (Lipinski definition) is 7. The Morgan fingerprint density at radius 1 is 1.02 bits per heavy atom. The Morgan fingerprint density at radius 2 is 1.77 bits per heavy atom. The summed E-state index contributed by atoms with van der Waals surface area (Å²) >= 11 is 0. The number of amides is 3. The molecule has 4 rings (SSSR count). The van der Waals surface area contributed by atoms with Crippen molar-refractivity contribution < 1.29 is 23.9 Å². The van der Waals surface area contributed by atoms with Crippen LogP contribution in [0.1, 0.15) is 68.9 Å². The van der Waals surface area contributed by atoms with Crippen LogP contribution in [0.5, 0.6) is 11.5 Å². The second-order valence-corrected chi connectivity index (χ2v) is 12.4. The minimum absolute atomic E-state index is 0.0146. The number of carbonyl (C=O) groups excluding carboxylic acids is 3. The molecule has 1 saturated heterocycles. The van der Waals surface area contributed by atoms with Crippen molar-refractivity contribution in [2.75, 3.05) is 36.2 Å². The molecule has 0 aliphatic carbocycles. The topological polar surface area (TPSA) is 126 Å². The fraction of sp³-hybridized carbons (Fsp3) is 0.444. The quantitative estimate of drug-likeness (QED) is 0.0977. The summed E-state index contributed by atoms with van der Waals surface area (Å²) in [5.74, 6) is 1.17. The summed E-state index contributed by atoms with van der Waals surface area (Å²) in [6.45, 7) is 9.46. The van der Waals surface area contributed by atoms with Crippen LogP contribution in [0.15, 0.2) is 53.7 Å². The number of benzene rings is 2. The van der Waals surface area contributed by atoms with Gasteiger partial charge in [0.25, 0.3) is 5.91 Å². The number of aliphatic imine (C=N–C) groups is 1. The van der Waals surface area contributed by atoms with Gasteiger partial charge in [0.05, 0.1) is 31.1 Å². The Morgan fingerprint density at radius 3 is 2.47 bits per heavy atom. The summed E-state index contributed by atoms with van der Waals surface area (Å²) in [7, 11) is 3.35. The van der Waals surface area contributed by atoms with Crippen LogP contribution in [0.3, 0.4) is 0 Å². The summed E-state index contributed by atoms with van der Waals surface area (Å²) < 4.78 is 13.2. The van der Waals surface area contributed by atoms with E-state index in [1.165, 1.54) is 0 Å².